The number of aromatic nitrogens is 3. The lowest BCUT2D eigenvalue weighted by Gasteiger charge is -2.13. The summed E-state index contributed by atoms with van der Waals surface area (Å²) in [5, 5.41) is 4.66. The standard InChI is InChI=1S/C45H27N3OS/c1-2-13-28(14-3-1)37-27-38(30-16-5-4-15-29(30)36-20-10-11-26-46-36)48-45(47-37)35-25-24-32(43-33-17-6-8-21-39(33)49-44(35)43)31-19-12-23-41-42(31)34-18-7-9-22-40(34)50-41/h1-27H. The second-order valence-corrected chi connectivity index (χ2v) is 13.4. The van der Waals surface area contributed by atoms with E-state index < -0.39 is 0 Å². The van der Waals surface area contributed by atoms with Gasteiger partial charge in [0.05, 0.1) is 22.6 Å². The van der Waals surface area contributed by atoms with Crippen molar-refractivity contribution in [3.05, 3.63) is 164 Å². The van der Waals surface area contributed by atoms with E-state index >= 15 is 0 Å². The smallest absolute Gasteiger partial charge is 0.164 e. The lowest BCUT2D eigenvalue weighted by atomic mass is 9.93. The molecular formula is C45H27N3OS. The van der Waals surface area contributed by atoms with Crippen LogP contribution in [0.25, 0.3) is 98.4 Å². The molecule has 0 N–H and O–H groups in total. The second-order valence-electron chi connectivity index (χ2n) is 12.3. The summed E-state index contributed by atoms with van der Waals surface area (Å²) in [6.45, 7) is 0. The zero-order valence-corrected chi connectivity index (χ0v) is 27.6. The first-order chi connectivity index (χ1) is 24.8. The molecule has 0 aliphatic heterocycles. The van der Waals surface area contributed by atoms with Crippen LogP contribution in [0.15, 0.2) is 168 Å². The number of pyridine rings is 1. The van der Waals surface area contributed by atoms with E-state index in [9.17, 15) is 0 Å². The van der Waals surface area contributed by atoms with Crippen LogP contribution >= 0.6 is 11.3 Å². The molecule has 10 aromatic rings. The Morgan fingerprint density at radius 3 is 1.96 bits per heavy atom. The van der Waals surface area contributed by atoms with Crippen LogP contribution in [0.2, 0.25) is 0 Å². The molecule has 4 heterocycles. The predicted molar refractivity (Wildman–Crippen MR) is 207 cm³/mol. The Kier molecular flexibility index (Phi) is 6.64. The average Bonchev–Trinajstić information content (AvgIpc) is 3.77. The Balaban J connectivity index is 1.26. The number of fused-ring (bicyclic) bond motifs is 6. The first-order valence-electron chi connectivity index (χ1n) is 16.6. The summed E-state index contributed by atoms with van der Waals surface area (Å²) in [6, 6.07) is 54.6. The summed E-state index contributed by atoms with van der Waals surface area (Å²) in [4.78, 5) is 15.2. The topological polar surface area (TPSA) is 51.8 Å². The molecular weight excluding hydrogens is 631 g/mol. The maximum absolute atomic E-state index is 6.78. The first-order valence-corrected chi connectivity index (χ1v) is 17.4. The molecule has 0 saturated heterocycles. The van der Waals surface area contributed by atoms with Crippen molar-refractivity contribution in [1.82, 2.24) is 15.0 Å². The summed E-state index contributed by atoms with van der Waals surface area (Å²) < 4.78 is 9.33. The number of furan rings is 1. The van der Waals surface area contributed by atoms with Crippen LogP contribution in [0.3, 0.4) is 0 Å². The van der Waals surface area contributed by atoms with Gasteiger partial charge in [0.15, 0.2) is 5.82 Å². The zero-order valence-electron chi connectivity index (χ0n) is 26.7. The van der Waals surface area contributed by atoms with E-state index in [4.69, 9.17) is 14.4 Å². The van der Waals surface area contributed by atoms with Gasteiger partial charge in [-0.25, -0.2) is 9.97 Å². The zero-order chi connectivity index (χ0) is 33.0. The molecule has 0 saturated carbocycles. The van der Waals surface area contributed by atoms with E-state index in [0.29, 0.717) is 5.82 Å². The number of para-hydroxylation sites is 1. The van der Waals surface area contributed by atoms with Gasteiger partial charge in [0.25, 0.3) is 0 Å². The number of rotatable bonds is 5. The SMILES string of the molecule is c1ccc(-c2cc(-c3ccccc3-c3ccccn3)nc(-c3ccc(-c4cccc5sc6ccccc6c45)c4c3oc3ccccc34)n2)cc1. The Morgan fingerprint density at radius 2 is 1.10 bits per heavy atom. The highest BCUT2D eigenvalue weighted by molar-refractivity contribution is 7.25. The molecule has 6 aromatic carbocycles. The van der Waals surface area contributed by atoms with Gasteiger partial charge in [-0.3, -0.25) is 4.98 Å². The van der Waals surface area contributed by atoms with Crippen molar-refractivity contribution in [2.75, 3.05) is 0 Å². The maximum Gasteiger partial charge on any atom is 0.164 e. The highest BCUT2D eigenvalue weighted by Gasteiger charge is 2.22. The largest absolute Gasteiger partial charge is 0.455 e. The minimum absolute atomic E-state index is 0.604. The molecule has 0 bridgehead atoms. The Morgan fingerprint density at radius 1 is 0.440 bits per heavy atom. The van der Waals surface area contributed by atoms with E-state index in [1.165, 1.54) is 25.7 Å². The van der Waals surface area contributed by atoms with Gasteiger partial charge in [-0.2, -0.15) is 0 Å². The second kappa shape index (κ2) is 11.6. The Bertz CT molecular complexity index is 2870. The summed E-state index contributed by atoms with van der Waals surface area (Å²) in [6.07, 6.45) is 1.83. The lowest BCUT2D eigenvalue weighted by molar-refractivity contribution is 0.669. The Hall–Kier alpha value is -6.43. The van der Waals surface area contributed by atoms with Crippen LogP contribution in [-0.4, -0.2) is 15.0 Å². The molecule has 5 heteroatoms. The molecule has 4 nitrogen and oxygen atoms in total. The fraction of sp³-hybridized carbons (Fsp3) is 0. The lowest BCUT2D eigenvalue weighted by Crippen LogP contribution is -1.98. The normalized spacial score (nSPS) is 11.6. The van der Waals surface area contributed by atoms with Gasteiger partial charge in [0.2, 0.25) is 0 Å². The molecule has 234 valence electrons. The summed E-state index contributed by atoms with van der Waals surface area (Å²) in [5.41, 5.74) is 10.3. The van der Waals surface area contributed by atoms with Crippen LogP contribution in [0.1, 0.15) is 0 Å². The predicted octanol–water partition coefficient (Wildman–Crippen LogP) is 12.5. The van der Waals surface area contributed by atoms with Crippen molar-refractivity contribution >= 4 is 53.4 Å². The summed E-state index contributed by atoms with van der Waals surface area (Å²) in [5.74, 6) is 0.604. The van der Waals surface area contributed by atoms with Crippen LogP contribution in [0.5, 0.6) is 0 Å². The quantitative estimate of drug-likeness (QED) is 0.185. The molecule has 0 fully saturated rings. The van der Waals surface area contributed by atoms with Gasteiger partial charge in [-0.15, -0.1) is 11.3 Å². The molecule has 4 aromatic heterocycles. The van der Waals surface area contributed by atoms with Crippen LogP contribution in [0.4, 0.5) is 0 Å². The molecule has 0 aliphatic rings. The average molecular weight is 658 g/mol. The van der Waals surface area contributed by atoms with Gasteiger partial charge in [-0.1, -0.05) is 115 Å². The van der Waals surface area contributed by atoms with Gasteiger partial charge >= 0.3 is 0 Å². The summed E-state index contributed by atoms with van der Waals surface area (Å²) >= 11 is 1.83. The minimum atomic E-state index is 0.604. The van der Waals surface area contributed by atoms with Crippen LogP contribution in [0, 0.1) is 0 Å². The first kappa shape index (κ1) is 28.6. The van der Waals surface area contributed by atoms with Crippen molar-refractivity contribution in [2.45, 2.75) is 0 Å². The number of nitrogens with zero attached hydrogens (tertiary/aromatic N) is 3. The highest BCUT2D eigenvalue weighted by Crippen LogP contribution is 2.46. The van der Waals surface area contributed by atoms with Crippen molar-refractivity contribution in [3.63, 3.8) is 0 Å². The van der Waals surface area contributed by atoms with Crippen molar-refractivity contribution in [3.8, 4) is 56.3 Å². The third kappa shape index (κ3) is 4.63. The summed E-state index contributed by atoms with van der Waals surface area (Å²) in [7, 11) is 0. The number of benzene rings is 6. The monoisotopic (exact) mass is 657 g/mol. The van der Waals surface area contributed by atoms with Crippen molar-refractivity contribution in [1.29, 1.82) is 0 Å². The fourth-order valence-electron chi connectivity index (χ4n) is 7.14. The molecule has 50 heavy (non-hydrogen) atoms. The van der Waals surface area contributed by atoms with E-state index in [0.717, 1.165) is 66.8 Å². The van der Waals surface area contributed by atoms with Crippen molar-refractivity contribution < 1.29 is 4.42 Å². The minimum Gasteiger partial charge on any atom is -0.455 e. The highest BCUT2D eigenvalue weighted by atomic mass is 32.1. The van der Waals surface area contributed by atoms with Crippen LogP contribution < -0.4 is 0 Å². The van der Waals surface area contributed by atoms with E-state index in [1.807, 2.05) is 78.2 Å². The van der Waals surface area contributed by atoms with Gasteiger partial charge in [-0.05, 0) is 53.6 Å². The third-order valence-corrected chi connectivity index (χ3v) is 10.5. The molecule has 0 aliphatic carbocycles. The molecule has 10 rings (SSSR count). The van der Waals surface area contributed by atoms with Gasteiger partial charge < -0.3 is 4.42 Å². The van der Waals surface area contributed by atoms with Gasteiger partial charge in [0.1, 0.15) is 11.2 Å². The van der Waals surface area contributed by atoms with Gasteiger partial charge in [0, 0.05) is 53.8 Å². The molecule has 0 amide bonds. The molecule has 0 atom stereocenters. The number of thiophene rings is 1. The third-order valence-electron chi connectivity index (χ3n) is 9.40. The fourth-order valence-corrected chi connectivity index (χ4v) is 8.27. The molecule has 0 unspecified atom stereocenters. The molecule has 0 radical (unpaired) electrons. The van der Waals surface area contributed by atoms with Crippen molar-refractivity contribution in [2.24, 2.45) is 0 Å². The van der Waals surface area contributed by atoms with E-state index in [1.54, 1.807) is 0 Å². The Labute approximate surface area is 292 Å². The van der Waals surface area contributed by atoms with E-state index in [2.05, 4.69) is 102 Å². The number of hydrogen-bond acceptors (Lipinski definition) is 5. The number of hydrogen-bond donors (Lipinski definition) is 0. The maximum atomic E-state index is 6.78. The molecule has 0 spiro atoms. The van der Waals surface area contributed by atoms with Crippen LogP contribution in [-0.2, 0) is 0 Å². The van der Waals surface area contributed by atoms with E-state index in [-0.39, 0.29) is 0 Å².